The van der Waals surface area contributed by atoms with E-state index in [1.54, 1.807) is 0 Å². The fraction of sp³-hybridized carbons (Fsp3) is 0.286. The summed E-state index contributed by atoms with van der Waals surface area (Å²) in [6.45, 7) is 2.03. The summed E-state index contributed by atoms with van der Waals surface area (Å²) in [7, 11) is 0. The van der Waals surface area contributed by atoms with Gasteiger partial charge in [-0.15, -0.1) is 0 Å². The number of ketones is 1. The largest absolute Gasteiger partial charge is 0.289 e. The molecule has 0 radical (unpaired) electrons. The highest BCUT2D eigenvalue weighted by atomic mass is 16.1. The summed E-state index contributed by atoms with van der Waals surface area (Å²) in [5, 5.41) is 0. The van der Waals surface area contributed by atoms with E-state index in [0.717, 1.165) is 35.1 Å². The molecule has 0 amide bonds. The molecular formula is C21H22O. The number of carbonyl (C=O) groups is 1. The van der Waals surface area contributed by atoms with Crippen molar-refractivity contribution in [2.75, 3.05) is 0 Å². The van der Waals surface area contributed by atoms with Crippen LogP contribution in [0, 0.1) is 6.92 Å². The smallest absolute Gasteiger partial charge is 0.193 e. The lowest BCUT2D eigenvalue weighted by Crippen LogP contribution is -2.08. The van der Waals surface area contributed by atoms with Gasteiger partial charge in [-0.3, -0.25) is 4.79 Å². The zero-order valence-corrected chi connectivity index (χ0v) is 13.1. The first kappa shape index (κ1) is 14.8. The first-order valence-electron chi connectivity index (χ1n) is 8.14. The summed E-state index contributed by atoms with van der Waals surface area (Å²) in [6.07, 6.45) is 5.80. The van der Waals surface area contributed by atoms with Crippen LogP contribution >= 0.6 is 0 Å². The predicted octanol–water partition coefficient (Wildman–Crippen LogP) is 5.60. The van der Waals surface area contributed by atoms with Crippen LogP contribution in [0.25, 0.3) is 5.57 Å². The quantitative estimate of drug-likeness (QED) is 0.531. The molecule has 2 aromatic carbocycles. The van der Waals surface area contributed by atoms with Gasteiger partial charge in [-0.25, -0.2) is 0 Å². The van der Waals surface area contributed by atoms with Gasteiger partial charge in [0.1, 0.15) is 0 Å². The van der Waals surface area contributed by atoms with Crippen LogP contribution in [-0.4, -0.2) is 5.78 Å². The first-order valence-corrected chi connectivity index (χ1v) is 8.14. The van der Waals surface area contributed by atoms with Crippen molar-refractivity contribution in [1.82, 2.24) is 0 Å². The van der Waals surface area contributed by atoms with E-state index in [-0.39, 0.29) is 5.78 Å². The maximum atomic E-state index is 13.1. The molecule has 1 heteroatoms. The first-order chi connectivity index (χ1) is 10.8. The van der Waals surface area contributed by atoms with Crippen LogP contribution in [0.1, 0.15) is 53.6 Å². The van der Waals surface area contributed by atoms with Crippen molar-refractivity contribution in [3.05, 3.63) is 76.9 Å². The number of benzene rings is 2. The lowest BCUT2D eigenvalue weighted by molar-refractivity contribution is 0.105. The van der Waals surface area contributed by atoms with Crippen molar-refractivity contribution in [3.63, 3.8) is 0 Å². The van der Waals surface area contributed by atoms with Crippen LogP contribution in [0.4, 0.5) is 0 Å². The SMILES string of the molecule is Cc1cccc(C(=O)C(=C2CCCCC2)c2ccccc2)c1. The number of hydrogen-bond acceptors (Lipinski definition) is 1. The van der Waals surface area contributed by atoms with E-state index in [1.807, 2.05) is 49.4 Å². The Hall–Kier alpha value is -2.15. The van der Waals surface area contributed by atoms with Gasteiger partial charge in [-0.2, -0.15) is 0 Å². The lowest BCUT2D eigenvalue weighted by atomic mass is 9.84. The second-order valence-corrected chi connectivity index (χ2v) is 6.10. The Morgan fingerprint density at radius 1 is 0.818 bits per heavy atom. The Balaban J connectivity index is 2.08. The molecular weight excluding hydrogens is 268 g/mol. The van der Waals surface area contributed by atoms with E-state index in [1.165, 1.54) is 24.8 Å². The van der Waals surface area contributed by atoms with E-state index < -0.39 is 0 Å². The number of carbonyl (C=O) groups excluding carboxylic acids is 1. The van der Waals surface area contributed by atoms with Gasteiger partial charge in [0.2, 0.25) is 0 Å². The third kappa shape index (κ3) is 3.19. The molecule has 0 spiro atoms. The van der Waals surface area contributed by atoms with Crippen LogP contribution in [0.3, 0.4) is 0 Å². The summed E-state index contributed by atoms with van der Waals surface area (Å²) >= 11 is 0. The van der Waals surface area contributed by atoms with Gasteiger partial charge in [-0.05, 0) is 44.2 Å². The summed E-state index contributed by atoms with van der Waals surface area (Å²) in [5.41, 5.74) is 5.27. The highest BCUT2D eigenvalue weighted by molar-refractivity contribution is 6.29. The molecule has 0 N–H and O–H groups in total. The number of Topliss-reactive ketones (excluding diaryl/α,β-unsaturated/α-hetero) is 1. The zero-order valence-electron chi connectivity index (χ0n) is 13.1. The van der Waals surface area contributed by atoms with Crippen LogP contribution < -0.4 is 0 Å². The molecule has 1 nitrogen and oxygen atoms in total. The molecule has 0 heterocycles. The van der Waals surface area contributed by atoms with Crippen molar-refractivity contribution in [1.29, 1.82) is 0 Å². The minimum atomic E-state index is 0.173. The molecule has 22 heavy (non-hydrogen) atoms. The molecule has 0 unspecified atom stereocenters. The summed E-state index contributed by atoms with van der Waals surface area (Å²) in [5.74, 6) is 0.173. The molecule has 0 saturated heterocycles. The highest BCUT2D eigenvalue weighted by Gasteiger charge is 2.20. The van der Waals surface area contributed by atoms with Crippen molar-refractivity contribution < 1.29 is 4.79 Å². The Morgan fingerprint density at radius 3 is 2.18 bits per heavy atom. The van der Waals surface area contributed by atoms with Crippen LogP contribution in [0.2, 0.25) is 0 Å². The number of allylic oxidation sites excluding steroid dienone is 2. The topological polar surface area (TPSA) is 17.1 Å². The van der Waals surface area contributed by atoms with Gasteiger partial charge in [0, 0.05) is 11.1 Å². The summed E-state index contributed by atoms with van der Waals surface area (Å²) in [6, 6.07) is 18.1. The average Bonchev–Trinajstić information content (AvgIpc) is 2.57. The molecule has 0 aromatic heterocycles. The van der Waals surface area contributed by atoms with Crippen LogP contribution in [0.5, 0.6) is 0 Å². The number of hydrogen-bond donors (Lipinski definition) is 0. The van der Waals surface area contributed by atoms with Gasteiger partial charge in [0.15, 0.2) is 5.78 Å². The van der Waals surface area contributed by atoms with Crippen molar-refractivity contribution in [2.45, 2.75) is 39.0 Å². The maximum Gasteiger partial charge on any atom is 0.193 e. The average molecular weight is 290 g/mol. The maximum absolute atomic E-state index is 13.1. The predicted molar refractivity (Wildman–Crippen MR) is 92.0 cm³/mol. The van der Waals surface area contributed by atoms with Gasteiger partial charge in [0.05, 0.1) is 0 Å². The minimum absolute atomic E-state index is 0.173. The molecule has 1 aliphatic rings. The van der Waals surface area contributed by atoms with E-state index in [2.05, 4.69) is 12.1 Å². The third-order valence-electron chi connectivity index (χ3n) is 4.38. The van der Waals surface area contributed by atoms with Gasteiger partial charge >= 0.3 is 0 Å². The molecule has 112 valence electrons. The van der Waals surface area contributed by atoms with Crippen LogP contribution in [0.15, 0.2) is 60.2 Å². The van der Waals surface area contributed by atoms with Crippen molar-refractivity contribution in [2.24, 2.45) is 0 Å². The van der Waals surface area contributed by atoms with Crippen molar-refractivity contribution >= 4 is 11.4 Å². The third-order valence-corrected chi connectivity index (χ3v) is 4.38. The monoisotopic (exact) mass is 290 g/mol. The van der Waals surface area contributed by atoms with Crippen LogP contribution in [-0.2, 0) is 0 Å². The second kappa shape index (κ2) is 6.74. The van der Waals surface area contributed by atoms with E-state index in [4.69, 9.17) is 0 Å². The fourth-order valence-corrected chi connectivity index (χ4v) is 3.26. The zero-order chi connectivity index (χ0) is 15.4. The minimum Gasteiger partial charge on any atom is -0.289 e. The lowest BCUT2D eigenvalue weighted by Gasteiger charge is -2.19. The highest BCUT2D eigenvalue weighted by Crippen LogP contribution is 2.32. The van der Waals surface area contributed by atoms with Gasteiger partial charge < -0.3 is 0 Å². The number of aryl methyl sites for hydroxylation is 1. The van der Waals surface area contributed by atoms with Crippen molar-refractivity contribution in [3.8, 4) is 0 Å². The van der Waals surface area contributed by atoms with Gasteiger partial charge in [0.25, 0.3) is 0 Å². The molecule has 1 fully saturated rings. The molecule has 1 saturated carbocycles. The van der Waals surface area contributed by atoms with E-state index in [0.29, 0.717) is 0 Å². The van der Waals surface area contributed by atoms with Gasteiger partial charge in [-0.1, -0.05) is 66.1 Å². The second-order valence-electron chi connectivity index (χ2n) is 6.10. The van der Waals surface area contributed by atoms with E-state index >= 15 is 0 Å². The standard InChI is InChI=1S/C21H22O/c1-16-9-8-14-19(15-16)21(22)20(17-10-4-2-5-11-17)18-12-6-3-7-13-18/h2,4-5,8-11,14-15H,3,6-7,12-13H2,1H3. The molecule has 0 aliphatic heterocycles. The molecule has 3 rings (SSSR count). The fourth-order valence-electron chi connectivity index (χ4n) is 3.26. The summed E-state index contributed by atoms with van der Waals surface area (Å²) in [4.78, 5) is 13.1. The Kier molecular flexibility index (Phi) is 4.53. The van der Waals surface area contributed by atoms with E-state index in [9.17, 15) is 4.79 Å². The Labute approximate surface area is 132 Å². The molecule has 1 aliphatic carbocycles. The Bertz CT molecular complexity index is 687. The molecule has 0 bridgehead atoms. The molecule has 0 atom stereocenters. The number of rotatable bonds is 3. The normalized spacial score (nSPS) is 14.7. The molecule has 2 aromatic rings. The Morgan fingerprint density at radius 2 is 1.50 bits per heavy atom. The summed E-state index contributed by atoms with van der Waals surface area (Å²) < 4.78 is 0.